The summed E-state index contributed by atoms with van der Waals surface area (Å²) in [6, 6.07) is 9.66. The Bertz CT molecular complexity index is 373. The first-order chi connectivity index (χ1) is 8.48. The number of carbonyl (C=O) groups excluding carboxylic acids is 1. The van der Waals surface area contributed by atoms with Gasteiger partial charge in [-0.2, -0.15) is 0 Å². The van der Waals surface area contributed by atoms with Crippen LogP contribution in [0.4, 0.5) is 0 Å². The van der Waals surface area contributed by atoms with Crippen molar-refractivity contribution in [2.45, 2.75) is 26.6 Å². The van der Waals surface area contributed by atoms with Crippen LogP contribution in [0.2, 0.25) is 0 Å². The number of aliphatic hydroxyl groups is 1. The van der Waals surface area contributed by atoms with E-state index in [9.17, 15) is 9.90 Å². The van der Waals surface area contributed by atoms with E-state index in [1.165, 1.54) is 7.11 Å². The Morgan fingerprint density at radius 2 is 1.94 bits per heavy atom. The first-order valence-electron chi connectivity index (χ1n) is 5.86. The van der Waals surface area contributed by atoms with Gasteiger partial charge in [0, 0.05) is 0 Å². The van der Waals surface area contributed by atoms with Gasteiger partial charge >= 0.3 is 5.97 Å². The number of carbonyl (C=O) groups is 1. The van der Waals surface area contributed by atoms with Crippen molar-refractivity contribution in [3.8, 4) is 0 Å². The standard InChI is InChI=1S/C14H20O4/c1-14(2,13(16)17-3)12(15)10-18-9-11-7-5-4-6-8-11/h4-8,12,15H,9-10H2,1-3H3. The zero-order valence-corrected chi connectivity index (χ0v) is 11.1. The van der Waals surface area contributed by atoms with E-state index < -0.39 is 17.5 Å². The second kappa shape index (κ2) is 6.52. The molecule has 0 bridgehead atoms. The second-order valence-corrected chi connectivity index (χ2v) is 4.73. The second-order valence-electron chi connectivity index (χ2n) is 4.73. The molecule has 0 aromatic heterocycles. The smallest absolute Gasteiger partial charge is 0.313 e. The van der Waals surface area contributed by atoms with E-state index in [0.717, 1.165) is 5.56 Å². The number of methoxy groups -OCH3 is 1. The largest absolute Gasteiger partial charge is 0.469 e. The van der Waals surface area contributed by atoms with Crippen LogP contribution >= 0.6 is 0 Å². The number of benzene rings is 1. The Kier molecular flexibility index (Phi) is 5.31. The molecule has 4 heteroatoms. The molecule has 0 saturated carbocycles. The highest BCUT2D eigenvalue weighted by Gasteiger charge is 2.36. The van der Waals surface area contributed by atoms with Gasteiger partial charge in [0.15, 0.2) is 0 Å². The summed E-state index contributed by atoms with van der Waals surface area (Å²) in [6.45, 7) is 3.77. The third kappa shape index (κ3) is 3.82. The fraction of sp³-hybridized carbons (Fsp3) is 0.500. The molecule has 0 aliphatic rings. The topological polar surface area (TPSA) is 55.8 Å². The maximum atomic E-state index is 11.5. The molecule has 0 heterocycles. The van der Waals surface area contributed by atoms with Crippen LogP contribution in [0, 0.1) is 5.41 Å². The van der Waals surface area contributed by atoms with Gasteiger partial charge < -0.3 is 14.6 Å². The van der Waals surface area contributed by atoms with E-state index in [1.807, 2.05) is 30.3 Å². The lowest BCUT2D eigenvalue weighted by Gasteiger charge is -2.27. The molecule has 1 N–H and O–H groups in total. The quantitative estimate of drug-likeness (QED) is 0.784. The minimum absolute atomic E-state index is 0.0942. The molecular formula is C14H20O4. The lowest BCUT2D eigenvalue weighted by Crippen LogP contribution is -2.40. The van der Waals surface area contributed by atoms with Crippen LogP contribution in [-0.2, 0) is 20.9 Å². The lowest BCUT2D eigenvalue weighted by atomic mass is 9.87. The van der Waals surface area contributed by atoms with E-state index in [1.54, 1.807) is 13.8 Å². The van der Waals surface area contributed by atoms with Gasteiger partial charge in [-0.05, 0) is 19.4 Å². The Labute approximate surface area is 108 Å². The molecule has 0 saturated heterocycles. The van der Waals surface area contributed by atoms with E-state index >= 15 is 0 Å². The summed E-state index contributed by atoms with van der Waals surface area (Å²) >= 11 is 0. The minimum Gasteiger partial charge on any atom is -0.469 e. The number of ether oxygens (including phenoxy) is 2. The molecule has 4 nitrogen and oxygen atoms in total. The SMILES string of the molecule is COC(=O)C(C)(C)C(O)COCc1ccccc1. The van der Waals surface area contributed by atoms with Crippen molar-refractivity contribution in [1.82, 2.24) is 0 Å². The fourth-order valence-corrected chi connectivity index (χ4v) is 1.47. The van der Waals surface area contributed by atoms with Crippen LogP contribution < -0.4 is 0 Å². The molecule has 0 fully saturated rings. The molecule has 0 spiro atoms. The van der Waals surface area contributed by atoms with Crippen LogP contribution in [0.1, 0.15) is 19.4 Å². The van der Waals surface area contributed by atoms with Crippen molar-refractivity contribution in [3.63, 3.8) is 0 Å². The van der Waals surface area contributed by atoms with Gasteiger partial charge in [0.1, 0.15) is 0 Å². The summed E-state index contributed by atoms with van der Waals surface area (Å²) in [4.78, 5) is 11.5. The van der Waals surface area contributed by atoms with Crippen molar-refractivity contribution in [2.75, 3.05) is 13.7 Å². The highest BCUT2D eigenvalue weighted by atomic mass is 16.5. The minimum atomic E-state index is -0.967. The van der Waals surface area contributed by atoms with Crippen molar-refractivity contribution in [3.05, 3.63) is 35.9 Å². The molecule has 1 unspecified atom stereocenters. The summed E-state index contributed by atoms with van der Waals surface area (Å²) in [6.07, 6.45) is -0.895. The molecule has 0 amide bonds. The number of hydrogen-bond donors (Lipinski definition) is 1. The third-order valence-electron chi connectivity index (χ3n) is 2.93. The summed E-state index contributed by atoms with van der Waals surface area (Å²) in [5.74, 6) is -0.446. The summed E-state index contributed by atoms with van der Waals surface area (Å²) in [5.41, 5.74) is 0.0615. The summed E-state index contributed by atoms with van der Waals surface area (Å²) in [7, 11) is 1.31. The van der Waals surface area contributed by atoms with Gasteiger partial charge in [-0.25, -0.2) is 0 Å². The Hall–Kier alpha value is -1.39. The van der Waals surface area contributed by atoms with Crippen LogP contribution in [-0.4, -0.2) is 30.9 Å². The van der Waals surface area contributed by atoms with E-state index in [-0.39, 0.29) is 6.61 Å². The maximum absolute atomic E-state index is 11.5. The average Bonchev–Trinajstić information content (AvgIpc) is 2.38. The highest BCUT2D eigenvalue weighted by molar-refractivity contribution is 5.76. The molecule has 0 radical (unpaired) electrons. The van der Waals surface area contributed by atoms with Crippen LogP contribution in [0.5, 0.6) is 0 Å². The van der Waals surface area contributed by atoms with Crippen LogP contribution in [0.15, 0.2) is 30.3 Å². The zero-order valence-electron chi connectivity index (χ0n) is 11.1. The van der Waals surface area contributed by atoms with E-state index in [4.69, 9.17) is 4.74 Å². The molecule has 1 atom stereocenters. The number of hydrogen-bond acceptors (Lipinski definition) is 4. The van der Waals surface area contributed by atoms with Crippen LogP contribution in [0.25, 0.3) is 0 Å². The number of aliphatic hydroxyl groups excluding tert-OH is 1. The highest BCUT2D eigenvalue weighted by Crippen LogP contribution is 2.22. The van der Waals surface area contributed by atoms with Crippen molar-refractivity contribution < 1.29 is 19.4 Å². The Morgan fingerprint density at radius 1 is 1.33 bits per heavy atom. The monoisotopic (exact) mass is 252 g/mol. The van der Waals surface area contributed by atoms with Crippen molar-refractivity contribution in [2.24, 2.45) is 5.41 Å². The summed E-state index contributed by atoms with van der Waals surface area (Å²) < 4.78 is 10.1. The van der Waals surface area contributed by atoms with Crippen LogP contribution in [0.3, 0.4) is 0 Å². The average molecular weight is 252 g/mol. The maximum Gasteiger partial charge on any atom is 0.313 e. The molecule has 1 rings (SSSR count). The molecule has 1 aromatic rings. The van der Waals surface area contributed by atoms with Gasteiger partial charge in [0.05, 0.1) is 31.8 Å². The van der Waals surface area contributed by atoms with Gasteiger partial charge in [0.2, 0.25) is 0 Å². The first-order valence-corrected chi connectivity index (χ1v) is 5.86. The van der Waals surface area contributed by atoms with Crippen molar-refractivity contribution >= 4 is 5.97 Å². The predicted molar refractivity (Wildman–Crippen MR) is 67.9 cm³/mol. The van der Waals surface area contributed by atoms with Crippen molar-refractivity contribution in [1.29, 1.82) is 0 Å². The first kappa shape index (κ1) is 14.7. The van der Waals surface area contributed by atoms with Gasteiger partial charge in [-0.1, -0.05) is 30.3 Å². The normalized spacial score (nSPS) is 13.1. The van der Waals surface area contributed by atoms with E-state index in [2.05, 4.69) is 4.74 Å². The van der Waals surface area contributed by atoms with E-state index in [0.29, 0.717) is 6.61 Å². The van der Waals surface area contributed by atoms with Gasteiger partial charge in [0.25, 0.3) is 0 Å². The molecule has 100 valence electrons. The molecular weight excluding hydrogens is 232 g/mol. The molecule has 1 aromatic carbocycles. The third-order valence-corrected chi connectivity index (χ3v) is 2.93. The Morgan fingerprint density at radius 3 is 2.50 bits per heavy atom. The molecule has 18 heavy (non-hydrogen) atoms. The fourth-order valence-electron chi connectivity index (χ4n) is 1.47. The predicted octanol–water partition coefficient (Wildman–Crippen LogP) is 1.76. The number of rotatable bonds is 6. The lowest BCUT2D eigenvalue weighted by molar-refractivity contribution is -0.160. The number of esters is 1. The summed E-state index contributed by atoms with van der Waals surface area (Å²) in [5, 5.41) is 9.93. The van der Waals surface area contributed by atoms with Gasteiger partial charge in [-0.15, -0.1) is 0 Å². The zero-order chi connectivity index (χ0) is 13.6. The molecule has 0 aliphatic carbocycles. The van der Waals surface area contributed by atoms with Gasteiger partial charge in [-0.3, -0.25) is 4.79 Å². The molecule has 0 aliphatic heterocycles. The Balaban J connectivity index is 2.42.